The molecule has 0 bridgehead atoms. The molecule has 0 atom stereocenters. The van der Waals surface area contributed by atoms with Crippen LogP contribution >= 0.6 is 11.8 Å². The number of alkyl halides is 3. The molecule has 0 amide bonds. The van der Waals surface area contributed by atoms with Gasteiger partial charge in [0.05, 0.1) is 32.9 Å². The highest BCUT2D eigenvalue weighted by molar-refractivity contribution is 7.98. The number of nitrogens with zero attached hydrogens (tertiary/aromatic N) is 1. The zero-order chi connectivity index (χ0) is 25.1. The van der Waals surface area contributed by atoms with Crippen LogP contribution in [0.3, 0.4) is 0 Å². The van der Waals surface area contributed by atoms with E-state index in [1.54, 1.807) is 6.07 Å². The lowest BCUT2D eigenvalue weighted by Gasteiger charge is -2.13. The van der Waals surface area contributed by atoms with Gasteiger partial charge >= 0.3 is 12.1 Å². The van der Waals surface area contributed by atoms with E-state index in [-0.39, 0.29) is 22.1 Å². The Kier molecular flexibility index (Phi) is 7.57. The molecule has 180 valence electrons. The van der Waals surface area contributed by atoms with Gasteiger partial charge in [0.15, 0.2) is 0 Å². The first-order chi connectivity index (χ1) is 15.9. The van der Waals surface area contributed by atoms with E-state index < -0.39 is 27.7 Å². The molecular formula is C23H21F3N2O4S2. The summed E-state index contributed by atoms with van der Waals surface area (Å²) >= 11 is 1.28. The lowest BCUT2D eigenvalue weighted by atomic mass is 9.97. The van der Waals surface area contributed by atoms with E-state index >= 15 is 0 Å². The fourth-order valence-electron chi connectivity index (χ4n) is 3.08. The van der Waals surface area contributed by atoms with E-state index in [0.29, 0.717) is 21.9 Å². The van der Waals surface area contributed by atoms with Crippen molar-refractivity contribution in [2.24, 2.45) is 0 Å². The van der Waals surface area contributed by atoms with Gasteiger partial charge in [-0.25, -0.2) is 18.2 Å². The molecule has 0 saturated carbocycles. The number of thioether (sulfide) groups is 1. The van der Waals surface area contributed by atoms with Crippen LogP contribution in [-0.2, 0) is 22.0 Å². The first kappa shape index (κ1) is 25.6. The molecule has 0 radical (unpaired) electrons. The highest BCUT2D eigenvalue weighted by Gasteiger charge is 2.29. The third-order valence-corrected chi connectivity index (χ3v) is 7.24. The maximum absolute atomic E-state index is 12.7. The van der Waals surface area contributed by atoms with Gasteiger partial charge in [0.1, 0.15) is 0 Å². The monoisotopic (exact) mass is 510 g/mol. The maximum Gasteiger partial charge on any atom is 0.416 e. The van der Waals surface area contributed by atoms with Crippen LogP contribution in [0.15, 0.2) is 70.7 Å². The molecule has 0 aliphatic carbocycles. The fourth-order valence-corrected chi connectivity index (χ4v) is 4.95. The predicted molar refractivity (Wildman–Crippen MR) is 124 cm³/mol. The van der Waals surface area contributed by atoms with Crippen molar-refractivity contribution in [2.45, 2.75) is 41.6 Å². The largest absolute Gasteiger partial charge is 0.478 e. The second kappa shape index (κ2) is 10.1. The molecule has 3 aromatic rings. The number of aromatic carboxylic acids is 1. The molecule has 3 rings (SSSR count). The van der Waals surface area contributed by atoms with Crippen molar-refractivity contribution >= 4 is 33.4 Å². The highest BCUT2D eigenvalue weighted by atomic mass is 32.2. The van der Waals surface area contributed by atoms with Crippen LogP contribution in [0.25, 0.3) is 0 Å². The predicted octanol–water partition coefficient (Wildman–Crippen LogP) is 6.02. The molecule has 6 nitrogen and oxygen atoms in total. The number of rotatable bonds is 8. The number of benzene rings is 2. The first-order valence-corrected chi connectivity index (χ1v) is 12.5. The van der Waals surface area contributed by atoms with Gasteiger partial charge in [-0.1, -0.05) is 32.0 Å². The van der Waals surface area contributed by atoms with E-state index in [9.17, 15) is 31.5 Å². The standard InChI is InChI=1S/C23H21F3N2O4S2/c1-14(2)19-9-8-18(11-20(19)22(29)30)34(31,32)28-17-7-10-21(27-12-17)33-13-15-3-5-16(6-4-15)23(24,25)26/h3-12,14,28H,13H2,1-2H3,(H,29,30). The van der Waals surface area contributed by atoms with Crippen molar-refractivity contribution in [3.05, 3.63) is 83.0 Å². The van der Waals surface area contributed by atoms with Gasteiger partial charge in [0.25, 0.3) is 10.0 Å². The van der Waals surface area contributed by atoms with Gasteiger partial charge in [-0.05, 0) is 53.4 Å². The number of anilines is 1. The number of nitrogens with one attached hydrogen (secondary N) is 1. The number of carboxylic acids is 1. The average molecular weight is 511 g/mol. The van der Waals surface area contributed by atoms with Gasteiger partial charge in [-0.3, -0.25) is 4.72 Å². The van der Waals surface area contributed by atoms with Gasteiger partial charge in [-0.15, -0.1) is 11.8 Å². The molecule has 2 N–H and O–H groups in total. The molecule has 0 aliphatic heterocycles. The lowest BCUT2D eigenvalue weighted by molar-refractivity contribution is -0.137. The summed E-state index contributed by atoms with van der Waals surface area (Å²) in [6.07, 6.45) is -3.07. The summed E-state index contributed by atoms with van der Waals surface area (Å²) in [5.41, 5.74) is 0.603. The molecule has 2 aromatic carbocycles. The zero-order valence-electron chi connectivity index (χ0n) is 18.1. The number of pyridine rings is 1. The number of sulfonamides is 1. The van der Waals surface area contributed by atoms with Crippen molar-refractivity contribution < 1.29 is 31.5 Å². The Hall–Kier alpha value is -3.05. The average Bonchev–Trinajstić information content (AvgIpc) is 2.77. The summed E-state index contributed by atoms with van der Waals surface area (Å²) in [6.45, 7) is 3.63. The quantitative estimate of drug-likeness (QED) is 0.360. The highest BCUT2D eigenvalue weighted by Crippen LogP contribution is 2.30. The minimum absolute atomic E-state index is 0.0778. The third-order valence-electron chi connectivity index (χ3n) is 4.84. The van der Waals surface area contributed by atoms with Crippen molar-refractivity contribution in [1.29, 1.82) is 0 Å². The summed E-state index contributed by atoms with van der Waals surface area (Å²) in [4.78, 5) is 15.5. The summed E-state index contributed by atoms with van der Waals surface area (Å²) in [6, 6.07) is 11.9. The molecule has 11 heteroatoms. The number of hydrogen-bond acceptors (Lipinski definition) is 5. The Balaban J connectivity index is 1.68. The molecule has 0 saturated heterocycles. The van der Waals surface area contributed by atoms with Crippen LogP contribution < -0.4 is 4.72 Å². The minimum Gasteiger partial charge on any atom is -0.478 e. The molecule has 1 heterocycles. The van der Waals surface area contributed by atoms with E-state index in [2.05, 4.69) is 9.71 Å². The van der Waals surface area contributed by atoms with E-state index in [4.69, 9.17) is 0 Å². The topological polar surface area (TPSA) is 96.4 Å². The second-order valence-electron chi connectivity index (χ2n) is 7.68. The van der Waals surface area contributed by atoms with Crippen LogP contribution in [-0.4, -0.2) is 24.5 Å². The van der Waals surface area contributed by atoms with Crippen molar-refractivity contribution in [2.75, 3.05) is 4.72 Å². The smallest absolute Gasteiger partial charge is 0.416 e. The number of hydrogen-bond donors (Lipinski definition) is 2. The number of carboxylic acid groups (broad SMARTS) is 1. The van der Waals surface area contributed by atoms with Gasteiger partial charge in [0, 0.05) is 5.75 Å². The van der Waals surface area contributed by atoms with Crippen LogP contribution in [0.4, 0.5) is 18.9 Å². The Morgan fingerprint density at radius 3 is 2.29 bits per heavy atom. The molecular weight excluding hydrogens is 489 g/mol. The summed E-state index contributed by atoms with van der Waals surface area (Å²) in [7, 11) is -4.05. The molecule has 0 fully saturated rings. The first-order valence-electron chi connectivity index (χ1n) is 10.0. The van der Waals surface area contributed by atoms with E-state index in [1.165, 1.54) is 48.3 Å². The van der Waals surface area contributed by atoms with E-state index in [1.807, 2.05) is 13.8 Å². The van der Waals surface area contributed by atoms with Crippen molar-refractivity contribution in [3.8, 4) is 0 Å². The summed E-state index contributed by atoms with van der Waals surface area (Å²) in [5, 5.41) is 9.98. The Morgan fingerprint density at radius 1 is 1.09 bits per heavy atom. The number of aromatic nitrogens is 1. The Morgan fingerprint density at radius 2 is 1.76 bits per heavy atom. The summed E-state index contributed by atoms with van der Waals surface area (Å²) in [5.74, 6) is -0.916. The minimum atomic E-state index is -4.39. The normalized spacial score (nSPS) is 12.1. The second-order valence-corrected chi connectivity index (χ2v) is 10.4. The van der Waals surface area contributed by atoms with E-state index in [0.717, 1.165) is 18.2 Å². The molecule has 34 heavy (non-hydrogen) atoms. The Labute approximate surface area is 199 Å². The number of halogens is 3. The fraction of sp³-hybridized carbons (Fsp3) is 0.217. The van der Waals surface area contributed by atoms with Crippen molar-refractivity contribution in [3.63, 3.8) is 0 Å². The van der Waals surface area contributed by atoms with Gasteiger partial charge < -0.3 is 5.11 Å². The molecule has 0 aliphatic rings. The third kappa shape index (κ3) is 6.29. The SMILES string of the molecule is CC(C)c1ccc(S(=O)(=O)Nc2ccc(SCc3ccc(C(F)(F)F)cc3)nc2)cc1C(=O)O. The van der Waals surface area contributed by atoms with Crippen LogP contribution in [0.2, 0.25) is 0 Å². The molecule has 0 unspecified atom stereocenters. The zero-order valence-corrected chi connectivity index (χ0v) is 19.8. The van der Waals surface area contributed by atoms with Crippen LogP contribution in [0, 0.1) is 0 Å². The van der Waals surface area contributed by atoms with Crippen molar-refractivity contribution in [1.82, 2.24) is 4.98 Å². The van der Waals surface area contributed by atoms with Crippen LogP contribution in [0.1, 0.15) is 46.8 Å². The Bertz CT molecular complexity index is 1280. The summed E-state index contributed by atoms with van der Waals surface area (Å²) < 4.78 is 65.8. The van der Waals surface area contributed by atoms with Gasteiger partial charge in [-0.2, -0.15) is 13.2 Å². The van der Waals surface area contributed by atoms with Gasteiger partial charge in [0.2, 0.25) is 0 Å². The number of carbonyl (C=O) groups is 1. The lowest BCUT2D eigenvalue weighted by Crippen LogP contribution is -2.15. The molecule has 1 aromatic heterocycles. The molecule has 0 spiro atoms. The maximum atomic E-state index is 12.7. The van der Waals surface area contributed by atoms with Crippen LogP contribution in [0.5, 0.6) is 0 Å².